The summed E-state index contributed by atoms with van der Waals surface area (Å²) in [6.07, 6.45) is 3.83. The van der Waals surface area contributed by atoms with Gasteiger partial charge in [0.25, 0.3) is 0 Å². The minimum Gasteiger partial charge on any atom is -0.480 e. The van der Waals surface area contributed by atoms with Crippen LogP contribution in [0.3, 0.4) is 0 Å². The van der Waals surface area contributed by atoms with E-state index < -0.39 is 12.0 Å². The summed E-state index contributed by atoms with van der Waals surface area (Å²) >= 11 is 0. The Bertz CT molecular complexity index is 496. The van der Waals surface area contributed by atoms with Crippen LogP contribution in [0.5, 0.6) is 0 Å². The number of carboxylic acids is 1. The van der Waals surface area contributed by atoms with Crippen molar-refractivity contribution >= 4 is 18.1 Å². The molecule has 1 N–H and O–H groups in total. The Morgan fingerprint density at radius 1 is 1.32 bits per heavy atom. The predicted molar refractivity (Wildman–Crippen MR) is 73.3 cm³/mol. The van der Waals surface area contributed by atoms with Gasteiger partial charge in [0.15, 0.2) is 0 Å². The van der Waals surface area contributed by atoms with Crippen LogP contribution in [0.2, 0.25) is 0 Å². The molecule has 0 bridgehead atoms. The summed E-state index contributed by atoms with van der Waals surface area (Å²) < 4.78 is 0. The lowest BCUT2D eigenvalue weighted by Crippen LogP contribution is -2.44. The summed E-state index contributed by atoms with van der Waals surface area (Å²) in [6, 6.07) is 4.98. The van der Waals surface area contributed by atoms with Crippen LogP contribution < -0.4 is 4.90 Å². The third kappa shape index (κ3) is 2.62. The molecule has 1 aliphatic rings. The van der Waals surface area contributed by atoms with Gasteiger partial charge >= 0.3 is 5.97 Å². The standard InChI is InChI=1S/C15H19NO3/c1-10(2)14(15(18)19)16(9-17)13-7-6-11-4-3-5-12(11)8-13/h6-10,14H,3-5H2,1-2H3,(H,18,19). The number of rotatable bonds is 5. The van der Waals surface area contributed by atoms with Gasteiger partial charge in [-0.1, -0.05) is 19.9 Å². The van der Waals surface area contributed by atoms with Crippen molar-refractivity contribution in [2.75, 3.05) is 4.90 Å². The number of amides is 1. The molecular formula is C15H19NO3. The van der Waals surface area contributed by atoms with E-state index in [1.807, 2.05) is 32.0 Å². The van der Waals surface area contributed by atoms with Gasteiger partial charge in [-0.2, -0.15) is 0 Å². The maximum atomic E-state index is 11.3. The summed E-state index contributed by atoms with van der Waals surface area (Å²) in [5, 5.41) is 9.30. The molecule has 1 aromatic carbocycles. The Balaban J connectivity index is 2.36. The van der Waals surface area contributed by atoms with Crippen molar-refractivity contribution < 1.29 is 14.7 Å². The van der Waals surface area contributed by atoms with Gasteiger partial charge in [-0.3, -0.25) is 4.79 Å². The van der Waals surface area contributed by atoms with Crippen LogP contribution in [0.1, 0.15) is 31.4 Å². The third-order valence-electron chi connectivity index (χ3n) is 3.68. The Morgan fingerprint density at radius 2 is 2.00 bits per heavy atom. The molecule has 0 fully saturated rings. The number of carboxylic acid groups (broad SMARTS) is 1. The maximum absolute atomic E-state index is 11.3. The molecule has 0 saturated carbocycles. The van der Waals surface area contributed by atoms with Crippen molar-refractivity contribution in [3.05, 3.63) is 29.3 Å². The average molecular weight is 261 g/mol. The summed E-state index contributed by atoms with van der Waals surface area (Å²) in [4.78, 5) is 24.0. The van der Waals surface area contributed by atoms with Crippen LogP contribution >= 0.6 is 0 Å². The normalized spacial score (nSPS) is 15.1. The molecule has 102 valence electrons. The Kier molecular flexibility index (Phi) is 3.88. The Labute approximate surface area is 113 Å². The van der Waals surface area contributed by atoms with E-state index >= 15 is 0 Å². The number of benzene rings is 1. The van der Waals surface area contributed by atoms with E-state index in [4.69, 9.17) is 0 Å². The zero-order valence-electron chi connectivity index (χ0n) is 11.3. The number of aryl methyl sites for hydroxylation is 2. The van der Waals surface area contributed by atoms with Crippen LogP contribution in [0, 0.1) is 5.92 Å². The fraction of sp³-hybridized carbons (Fsp3) is 0.467. The monoisotopic (exact) mass is 261 g/mol. The zero-order chi connectivity index (χ0) is 14.0. The fourth-order valence-corrected chi connectivity index (χ4v) is 2.73. The van der Waals surface area contributed by atoms with Gasteiger partial charge in [0.2, 0.25) is 6.41 Å². The number of hydrogen-bond donors (Lipinski definition) is 1. The number of carbonyl (C=O) groups excluding carboxylic acids is 1. The Hall–Kier alpha value is -1.84. The molecule has 0 heterocycles. The van der Waals surface area contributed by atoms with Crippen LogP contribution in [0.15, 0.2) is 18.2 Å². The topological polar surface area (TPSA) is 57.6 Å². The van der Waals surface area contributed by atoms with Gasteiger partial charge in [0, 0.05) is 5.69 Å². The smallest absolute Gasteiger partial charge is 0.327 e. The lowest BCUT2D eigenvalue weighted by atomic mass is 10.0. The average Bonchev–Trinajstić information content (AvgIpc) is 2.81. The van der Waals surface area contributed by atoms with E-state index in [0.717, 1.165) is 19.3 Å². The largest absolute Gasteiger partial charge is 0.480 e. The van der Waals surface area contributed by atoms with Crippen LogP contribution in [0.25, 0.3) is 0 Å². The Morgan fingerprint density at radius 3 is 2.58 bits per heavy atom. The molecule has 4 heteroatoms. The van der Waals surface area contributed by atoms with Crippen molar-refractivity contribution in [3.8, 4) is 0 Å². The SMILES string of the molecule is CC(C)C(C(=O)O)N(C=O)c1ccc2c(c1)CCC2. The number of fused-ring (bicyclic) bond motifs is 1. The molecule has 1 atom stereocenters. The first kappa shape index (κ1) is 13.6. The van der Waals surface area contributed by atoms with Crippen molar-refractivity contribution in [2.24, 2.45) is 5.92 Å². The zero-order valence-corrected chi connectivity index (χ0v) is 11.3. The highest BCUT2D eigenvalue weighted by Gasteiger charge is 2.29. The molecule has 4 nitrogen and oxygen atoms in total. The molecule has 0 aromatic heterocycles. The first-order valence-electron chi connectivity index (χ1n) is 6.63. The molecule has 0 saturated heterocycles. The second-order valence-corrected chi connectivity index (χ2v) is 5.35. The van der Waals surface area contributed by atoms with Gasteiger partial charge in [-0.25, -0.2) is 4.79 Å². The number of aliphatic carboxylic acids is 1. The number of carbonyl (C=O) groups is 2. The van der Waals surface area contributed by atoms with E-state index in [1.165, 1.54) is 16.0 Å². The summed E-state index contributed by atoms with van der Waals surface area (Å²) in [7, 11) is 0. The molecule has 2 rings (SSSR count). The second-order valence-electron chi connectivity index (χ2n) is 5.35. The van der Waals surface area contributed by atoms with Gasteiger partial charge in [-0.05, 0) is 48.4 Å². The van der Waals surface area contributed by atoms with Gasteiger partial charge in [-0.15, -0.1) is 0 Å². The van der Waals surface area contributed by atoms with Crippen molar-refractivity contribution in [3.63, 3.8) is 0 Å². The van der Waals surface area contributed by atoms with Gasteiger partial charge in [0.05, 0.1) is 0 Å². The van der Waals surface area contributed by atoms with Gasteiger partial charge < -0.3 is 10.0 Å². The third-order valence-corrected chi connectivity index (χ3v) is 3.68. The number of nitrogens with zero attached hydrogens (tertiary/aromatic N) is 1. The molecule has 1 unspecified atom stereocenters. The highest BCUT2D eigenvalue weighted by molar-refractivity contribution is 5.88. The number of hydrogen-bond acceptors (Lipinski definition) is 2. The van der Waals surface area contributed by atoms with Crippen molar-refractivity contribution in [1.82, 2.24) is 0 Å². The molecule has 1 aromatic rings. The van der Waals surface area contributed by atoms with Crippen molar-refractivity contribution in [1.29, 1.82) is 0 Å². The first-order valence-corrected chi connectivity index (χ1v) is 6.63. The van der Waals surface area contributed by atoms with E-state index in [1.54, 1.807) is 0 Å². The predicted octanol–water partition coefficient (Wildman–Crippen LogP) is 2.25. The molecular weight excluding hydrogens is 242 g/mol. The van der Waals surface area contributed by atoms with E-state index in [2.05, 4.69) is 0 Å². The molecule has 0 radical (unpaired) electrons. The first-order chi connectivity index (χ1) is 9.04. The molecule has 1 amide bonds. The van der Waals surface area contributed by atoms with Crippen LogP contribution in [-0.4, -0.2) is 23.5 Å². The lowest BCUT2D eigenvalue weighted by molar-refractivity contribution is -0.140. The van der Waals surface area contributed by atoms with Gasteiger partial charge in [0.1, 0.15) is 6.04 Å². The second kappa shape index (κ2) is 5.43. The minimum absolute atomic E-state index is 0.143. The van der Waals surface area contributed by atoms with E-state index in [9.17, 15) is 14.7 Å². The molecule has 0 spiro atoms. The molecule has 0 aliphatic heterocycles. The highest BCUT2D eigenvalue weighted by Crippen LogP contribution is 2.28. The lowest BCUT2D eigenvalue weighted by Gasteiger charge is -2.28. The quantitative estimate of drug-likeness (QED) is 0.827. The highest BCUT2D eigenvalue weighted by atomic mass is 16.4. The molecule has 1 aliphatic carbocycles. The maximum Gasteiger partial charge on any atom is 0.327 e. The minimum atomic E-state index is -0.970. The summed E-state index contributed by atoms with van der Waals surface area (Å²) in [5.74, 6) is -1.11. The van der Waals surface area contributed by atoms with E-state index in [-0.39, 0.29) is 5.92 Å². The van der Waals surface area contributed by atoms with E-state index in [0.29, 0.717) is 12.1 Å². The summed E-state index contributed by atoms with van der Waals surface area (Å²) in [5.41, 5.74) is 3.22. The summed E-state index contributed by atoms with van der Waals surface area (Å²) in [6.45, 7) is 3.62. The molecule has 19 heavy (non-hydrogen) atoms. The van der Waals surface area contributed by atoms with Crippen molar-refractivity contribution in [2.45, 2.75) is 39.2 Å². The van der Waals surface area contributed by atoms with Crippen LogP contribution in [-0.2, 0) is 22.4 Å². The number of anilines is 1. The fourth-order valence-electron chi connectivity index (χ4n) is 2.73. The van der Waals surface area contributed by atoms with Crippen LogP contribution in [0.4, 0.5) is 5.69 Å².